The van der Waals surface area contributed by atoms with E-state index in [1.54, 1.807) is 19.1 Å². The van der Waals surface area contributed by atoms with Gasteiger partial charge in [-0.2, -0.15) is 0 Å². The van der Waals surface area contributed by atoms with Crippen LogP contribution in [0.25, 0.3) is 0 Å². The van der Waals surface area contributed by atoms with Crippen molar-refractivity contribution in [2.75, 3.05) is 6.79 Å². The van der Waals surface area contributed by atoms with E-state index >= 15 is 0 Å². The number of fused-ring (bicyclic) bond motifs is 1. The fourth-order valence-electron chi connectivity index (χ4n) is 1.38. The summed E-state index contributed by atoms with van der Waals surface area (Å²) >= 11 is 0. The molecule has 16 heavy (non-hydrogen) atoms. The molecule has 0 unspecified atom stereocenters. The molecule has 5 nitrogen and oxygen atoms in total. The van der Waals surface area contributed by atoms with E-state index in [-0.39, 0.29) is 6.79 Å². The molecule has 0 saturated carbocycles. The second-order valence-electron chi connectivity index (χ2n) is 3.37. The number of benzene rings is 1. The molecule has 5 heteroatoms. The Labute approximate surface area is 91.9 Å². The number of ketones is 1. The molecule has 0 atom stereocenters. The predicted octanol–water partition coefficient (Wildman–Crippen LogP) is 1.22. The first-order valence-electron chi connectivity index (χ1n) is 4.71. The molecule has 0 aromatic heterocycles. The molecule has 0 saturated heterocycles. The minimum absolute atomic E-state index is 0.153. The summed E-state index contributed by atoms with van der Waals surface area (Å²) in [5.74, 6) is -0.0579. The normalized spacial score (nSPS) is 12.4. The van der Waals surface area contributed by atoms with Crippen LogP contribution in [0.1, 0.15) is 12.5 Å². The first kappa shape index (κ1) is 10.5. The highest BCUT2D eigenvalue weighted by Crippen LogP contribution is 2.39. The van der Waals surface area contributed by atoms with Crippen molar-refractivity contribution in [2.24, 2.45) is 0 Å². The van der Waals surface area contributed by atoms with Crippen LogP contribution in [0.15, 0.2) is 12.1 Å². The van der Waals surface area contributed by atoms with Gasteiger partial charge in [-0.15, -0.1) is 0 Å². The van der Waals surface area contributed by atoms with Crippen molar-refractivity contribution in [3.8, 4) is 17.2 Å². The summed E-state index contributed by atoms with van der Waals surface area (Å²) in [5, 5.41) is 0. The van der Waals surface area contributed by atoms with Crippen LogP contribution in [-0.4, -0.2) is 18.5 Å². The first-order valence-corrected chi connectivity index (χ1v) is 4.71. The van der Waals surface area contributed by atoms with E-state index in [0.29, 0.717) is 22.8 Å². The lowest BCUT2D eigenvalue weighted by atomic mass is 10.2. The largest absolute Gasteiger partial charge is 0.454 e. The molecule has 84 valence electrons. The fraction of sp³-hybridized carbons (Fsp3) is 0.273. The van der Waals surface area contributed by atoms with Gasteiger partial charge < -0.3 is 14.2 Å². The quantitative estimate of drug-likeness (QED) is 0.427. The van der Waals surface area contributed by atoms with Crippen LogP contribution < -0.4 is 14.2 Å². The SMILES string of the molecule is CC(=O)C(=O)Oc1ccc2c(c1C)OCO2. The standard InChI is InChI=1S/C11H10O5/c1-6-8(16-11(13)7(2)12)3-4-9-10(6)15-5-14-9/h3-4H,5H2,1-2H3. The van der Waals surface area contributed by atoms with Gasteiger partial charge in [-0.25, -0.2) is 4.79 Å². The second-order valence-corrected chi connectivity index (χ2v) is 3.37. The third kappa shape index (κ3) is 1.71. The van der Waals surface area contributed by atoms with Gasteiger partial charge in [-0.05, 0) is 19.1 Å². The van der Waals surface area contributed by atoms with Gasteiger partial charge >= 0.3 is 5.97 Å². The van der Waals surface area contributed by atoms with Gasteiger partial charge in [0.2, 0.25) is 12.6 Å². The maximum Gasteiger partial charge on any atom is 0.379 e. The minimum atomic E-state index is -0.887. The number of carbonyl (C=O) groups excluding carboxylic acids is 2. The maximum atomic E-state index is 11.1. The molecule has 1 aliphatic heterocycles. The molecule has 1 heterocycles. The third-order valence-electron chi connectivity index (χ3n) is 2.23. The van der Waals surface area contributed by atoms with Gasteiger partial charge in [0.1, 0.15) is 5.75 Å². The Morgan fingerprint density at radius 2 is 2.06 bits per heavy atom. The molecule has 0 amide bonds. The van der Waals surface area contributed by atoms with Crippen molar-refractivity contribution >= 4 is 11.8 Å². The number of esters is 1. The summed E-state index contributed by atoms with van der Waals surface area (Å²) in [6.07, 6.45) is 0. The monoisotopic (exact) mass is 222 g/mol. The minimum Gasteiger partial charge on any atom is -0.454 e. The highest BCUT2D eigenvalue weighted by atomic mass is 16.7. The van der Waals surface area contributed by atoms with Gasteiger partial charge in [-0.1, -0.05) is 0 Å². The molecule has 0 radical (unpaired) electrons. The van der Waals surface area contributed by atoms with Crippen LogP contribution in [-0.2, 0) is 9.59 Å². The highest BCUT2D eigenvalue weighted by molar-refractivity contribution is 6.33. The molecule has 0 fully saturated rings. The molecule has 0 bridgehead atoms. The van der Waals surface area contributed by atoms with E-state index < -0.39 is 11.8 Å². The fourth-order valence-corrected chi connectivity index (χ4v) is 1.38. The molecular weight excluding hydrogens is 212 g/mol. The summed E-state index contributed by atoms with van der Waals surface area (Å²) in [6, 6.07) is 3.21. The molecule has 0 spiro atoms. The lowest BCUT2D eigenvalue weighted by Gasteiger charge is -2.07. The average molecular weight is 222 g/mol. The van der Waals surface area contributed by atoms with Crippen LogP contribution in [0.3, 0.4) is 0 Å². The first-order chi connectivity index (χ1) is 7.59. The number of carbonyl (C=O) groups is 2. The average Bonchev–Trinajstić information content (AvgIpc) is 2.70. The molecule has 0 aliphatic carbocycles. The number of Topliss-reactive ketones (excluding diaryl/α,β-unsaturated/α-hetero) is 1. The van der Waals surface area contributed by atoms with Crippen LogP contribution in [0.2, 0.25) is 0 Å². The number of rotatable bonds is 2. The van der Waals surface area contributed by atoms with Gasteiger partial charge in [-0.3, -0.25) is 4.79 Å². The van der Waals surface area contributed by atoms with E-state index in [4.69, 9.17) is 14.2 Å². The highest BCUT2D eigenvalue weighted by Gasteiger charge is 2.21. The topological polar surface area (TPSA) is 61.8 Å². The van der Waals surface area contributed by atoms with Crippen molar-refractivity contribution < 1.29 is 23.8 Å². The summed E-state index contributed by atoms with van der Waals surface area (Å²) in [5.41, 5.74) is 0.643. The van der Waals surface area contributed by atoms with Crippen LogP contribution in [0.4, 0.5) is 0 Å². The number of ether oxygens (including phenoxy) is 3. The Morgan fingerprint density at radius 3 is 2.75 bits per heavy atom. The predicted molar refractivity (Wildman–Crippen MR) is 53.6 cm³/mol. The summed E-state index contributed by atoms with van der Waals surface area (Å²) in [7, 11) is 0. The van der Waals surface area contributed by atoms with E-state index in [2.05, 4.69) is 0 Å². The van der Waals surface area contributed by atoms with Gasteiger partial charge in [0.15, 0.2) is 11.5 Å². The zero-order chi connectivity index (χ0) is 11.7. The molecule has 2 rings (SSSR count). The molecule has 1 aliphatic rings. The number of hydrogen-bond acceptors (Lipinski definition) is 5. The van der Waals surface area contributed by atoms with Crippen molar-refractivity contribution in [3.05, 3.63) is 17.7 Å². The summed E-state index contributed by atoms with van der Waals surface area (Å²) in [4.78, 5) is 21.9. The van der Waals surface area contributed by atoms with Crippen molar-refractivity contribution in [1.29, 1.82) is 0 Å². The van der Waals surface area contributed by atoms with Gasteiger partial charge in [0.25, 0.3) is 0 Å². The lowest BCUT2D eigenvalue weighted by molar-refractivity contribution is -0.146. The Hall–Kier alpha value is -2.04. The van der Waals surface area contributed by atoms with E-state index in [9.17, 15) is 9.59 Å². The molecule has 1 aromatic carbocycles. The van der Waals surface area contributed by atoms with Gasteiger partial charge in [0, 0.05) is 12.5 Å². The van der Waals surface area contributed by atoms with Crippen LogP contribution in [0, 0.1) is 6.92 Å². The van der Waals surface area contributed by atoms with E-state index in [1.165, 1.54) is 0 Å². The number of hydrogen-bond donors (Lipinski definition) is 0. The summed E-state index contributed by atoms with van der Waals surface area (Å²) in [6.45, 7) is 3.04. The van der Waals surface area contributed by atoms with Crippen molar-refractivity contribution in [2.45, 2.75) is 13.8 Å². The lowest BCUT2D eigenvalue weighted by Crippen LogP contribution is -2.17. The Bertz CT molecular complexity index is 464. The maximum absolute atomic E-state index is 11.1. The zero-order valence-electron chi connectivity index (χ0n) is 8.90. The van der Waals surface area contributed by atoms with Crippen molar-refractivity contribution in [3.63, 3.8) is 0 Å². The zero-order valence-corrected chi connectivity index (χ0v) is 8.90. The Balaban J connectivity index is 2.30. The van der Waals surface area contributed by atoms with Crippen LogP contribution >= 0.6 is 0 Å². The molecule has 0 N–H and O–H groups in total. The van der Waals surface area contributed by atoms with E-state index in [1.807, 2.05) is 0 Å². The smallest absolute Gasteiger partial charge is 0.379 e. The Morgan fingerprint density at radius 1 is 1.31 bits per heavy atom. The van der Waals surface area contributed by atoms with Crippen molar-refractivity contribution in [1.82, 2.24) is 0 Å². The van der Waals surface area contributed by atoms with E-state index in [0.717, 1.165) is 6.92 Å². The molecule has 1 aromatic rings. The van der Waals surface area contributed by atoms with Crippen LogP contribution in [0.5, 0.6) is 17.2 Å². The second kappa shape index (κ2) is 3.84. The van der Waals surface area contributed by atoms with Gasteiger partial charge in [0.05, 0.1) is 0 Å². The Kier molecular flexibility index (Phi) is 2.52. The third-order valence-corrected chi connectivity index (χ3v) is 2.23. The summed E-state index contributed by atoms with van der Waals surface area (Å²) < 4.78 is 15.3. The molecular formula is C11H10O5.